The van der Waals surface area contributed by atoms with Crippen LogP contribution in [0.2, 0.25) is 0 Å². The number of hydrogen-bond donors (Lipinski definition) is 1. The number of nitrogens with zero attached hydrogens (tertiary/aromatic N) is 3. The molecule has 2 heterocycles. The van der Waals surface area contributed by atoms with E-state index >= 15 is 0 Å². The standard InChI is InChI=1S/C18H23BrN4O3S2/c1-2-3-7-16-21-22-18(27-16)20-17(24)14-12-13(8-9-15(14)19)28(25,26)23-10-5-4-6-11-23/h8-9,12H,2-7,10-11H2,1H3,(H,20,22,24). The Morgan fingerprint density at radius 2 is 2.00 bits per heavy atom. The van der Waals surface area contributed by atoms with Gasteiger partial charge in [0.1, 0.15) is 5.01 Å². The van der Waals surface area contributed by atoms with E-state index in [2.05, 4.69) is 38.4 Å². The summed E-state index contributed by atoms with van der Waals surface area (Å²) in [5.74, 6) is -0.416. The Morgan fingerprint density at radius 3 is 2.71 bits per heavy atom. The molecule has 1 N–H and O–H groups in total. The number of anilines is 1. The van der Waals surface area contributed by atoms with Crippen LogP contribution in [0.3, 0.4) is 0 Å². The quantitative estimate of drug-likeness (QED) is 0.636. The van der Waals surface area contributed by atoms with Crippen molar-refractivity contribution in [3.63, 3.8) is 0 Å². The molecule has 1 aromatic heterocycles. The number of carbonyl (C=O) groups excluding carboxylic acids is 1. The van der Waals surface area contributed by atoms with Gasteiger partial charge in [0.2, 0.25) is 15.2 Å². The molecule has 1 amide bonds. The molecule has 10 heteroatoms. The molecule has 0 spiro atoms. The number of rotatable bonds is 7. The molecule has 0 radical (unpaired) electrons. The van der Waals surface area contributed by atoms with Crippen LogP contribution in [-0.4, -0.2) is 41.9 Å². The van der Waals surface area contributed by atoms with E-state index in [9.17, 15) is 13.2 Å². The van der Waals surface area contributed by atoms with Crippen LogP contribution in [0.1, 0.15) is 54.4 Å². The van der Waals surface area contributed by atoms with Gasteiger partial charge in [-0.3, -0.25) is 10.1 Å². The Hall–Kier alpha value is -1.36. The first-order chi connectivity index (χ1) is 13.4. The van der Waals surface area contributed by atoms with Gasteiger partial charge < -0.3 is 0 Å². The SMILES string of the molecule is CCCCc1nnc(NC(=O)c2cc(S(=O)(=O)N3CCCCC3)ccc2Br)s1. The number of unbranched alkanes of at least 4 members (excludes halogenated alkanes) is 1. The predicted molar refractivity (Wildman–Crippen MR) is 113 cm³/mol. The van der Waals surface area contributed by atoms with Gasteiger partial charge in [0, 0.05) is 24.0 Å². The minimum Gasteiger partial charge on any atom is -0.296 e. The van der Waals surface area contributed by atoms with Crippen molar-refractivity contribution < 1.29 is 13.2 Å². The van der Waals surface area contributed by atoms with Crippen molar-refractivity contribution in [2.45, 2.75) is 50.3 Å². The number of halogens is 1. The van der Waals surface area contributed by atoms with E-state index in [1.165, 1.54) is 27.8 Å². The van der Waals surface area contributed by atoms with Crippen LogP contribution < -0.4 is 5.32 Å². The fraction of sp³-hybridized carbons (Fsp3) is 0.500. The van der Waals surface area contributed by atoms with Gasteiger partial charge in [0.15, 0.2) is 0 Å². The molecule has 1 aromatic carbocycles. The summed E-state index contributed by atoms with van der Waals surface area (Å²) < 4.78 is 27.8. The van der Waals surface area contributed by atoms with Gasteiger partial charge >= 0.3 is 0 Å². The summed E-state index contributed by atoms with van der Waals surface area (Å²) in [6, 6.07) is 4.54. The maximum atomic E-state index is 12.9. The van der Waals surface area contributed by atoms with Crippen LogP contribution >= 0.6 is 27.3 Å². The molecule has 1 aliphatic rings. The van der Waals surface area contributed by atoms with Crippen molar-refractivity contribution >= 4 is 48.3 Å². The Balaban J connectivity index is 1.79. The van der Waals surface area contributed by atoms with Gasteiger partial charge in [-0.2, -0.15) is 4.31 Å². The van der Waals surface area contributed by atoms with Gasteiger partial charge in [0.05, 0.1) is 10.5 Å². The molecule has 0 aliphatic carbocycles. The summed E-state index contributed by atoms with van der Waals surface area (Å²) in [5, 5.41) is 12.1. The number of piperidine rings is 1. The molecule has 152 valence electrons. The molecule has 28 heavy (non-hydrogen) atoms. The lowest BCUT2D eigenvalue weighted by molar-refractivity contribution is 0.102. The van der Waals surface area contributed by atoms with Crippen LogP contribution in [0.15, 0.2) is 27.6 Å². The van der Waals surface area contributed by atoms with Crippen LogP contribution in [-0.2, 0) is 16.4 Å². The molecule has 0 saturated carbocycles. The highest BCUT2D eigenvalue weighted by Crippen LogP contribution is 2.26. The first-order valence-electron chi connectivity index (χ1n) is 9.35. The van der Waals surface area contributed by atoms with Gasteiger partial charge in [-0.1, -0.05) is 31.1 Å². The number of carbonyl (C=O) groups is 1. The van der Waals surface area contributed by atoms with Crippen molar-refractivity contribution in [1.29, 1.82) is 0 Å². The lowest BCUT2D eigenvalue weighted by atomic mass is 10.2. The van der Waals surface area contributed by atoms with Crippen molar-refractivity contribution in [2.24, 2.45) is 0 Å². The van der Waals surface area contributed by atoms with E-state index in [-0.39, 0.29) is 10.5 Å². The van der Waals surface area contributed by atoms with Gasteiger partial charge in [-0.05, 0) is 53.4 Å². The van der Waals surface area contributed by atoms with E-state index in [1.807, 2.05) is 0 Å². The minimum absolute atomic E-state index is 0.128. The fourth-order valence-electron chi connectivity index (χ4n) is 2.99. The molecule has 3 rings (SSSR count). The number of nitrogens with one attached hydrogen (secondary N) is 1. The van der Waals surface area contributed by atoms with Crippen LogP contribution in [0.25, 0.3) is 0 Å². The molecular formula is C18H23BrN4O3S2. The number of aromatic nitrogens is 2. The fourth-order valence-corrected chi connectivity index (χ4v) is 5.74. The van der Waals surface area contributed by atoms with Crippen molar-refractivity contribution in [2.75, 3.05) is 18.4 Å². The second-order valence-corrected chi connectivity index (χ2v) is 10.5. The zero-order valence-electron chi connectivity index (χ0n) is 15.6. The molecule has 0 atom stereocenters. The maximum absolute atomic E-state index is 12.9. The third kappa shape index (κ3) is 4.97. The van der Waals surface area contributed by atoms with E-state index in [0.29, 0.717) is 22.7 Å². The Bertz CT molecular complexity index is 940. The number of sulfonamides is 1. The average molecular weight is 487 g/mol. The zero-order valence-corrected chi connectivity index (χ0v) is 18.9. The third-order valence-electron chi connectivity index (χ3n) is 4.57. The monoisotopic (exact) mass is 486 g/mol. The smallest absolute Gasteiger partial charge is 0.258 e. The Morgan fingerprint density at radius 1 is 1.25 bits per heavy atom. The van der Waals surface area contributed by atoms with Crippen LogP contribution in [0, 0.1) is 0 Å². The number of aryl methyl sites for hydroxylation is 1. The van der Waals surface area contributed by atoms with E-state index in [0.717, 1.165) is 43.5 Å². The molecule has 1 fully saturated rings. The van der Waals surface area contributed by atoms with Crippen molar-refractivity contribution in [3.05, 3.63) is 33.2 Å². The third-order valence-corrected chi connectivity index (χ3v) is 8.05. The first kappa shape index (κ1) is 21.4. The summed E-state index contributed by atoms with van der Waals surface area (Å²) >= 11 is 4.68. The van der Waals surface area contributed by atoms with Gasteiger partial charge in [-0.15, -0.1) is 10.2 Å². The van der Waals surface area contributed by atoms with Gasteiger partial charge in [-0.25, -0.2) is 8.42 Å². The number of benzene rings is 1. The lowest BCUT2D eigenvalue weighted by Crippen LogP contribution is -2.35. The number of hydrogen-bond acceptors (Lipinski definition) is 6. The first-order valence-corrected chi connectivity index (χ1v) is 12.4. The molecular weight excluding hydrogens is 464 g/mol. The summed E-state index contributed by atoms with van der Waals surface area (Å²) in [7, 11) is -3.61. The highest BCUT2D eigenvalue weighted by Gasteiger charge is 2.27. The molecule has 7 nitrogen and oxygen atoms in total. The van der Waals surface area contributed by atoms with E-state index < -0.39 is 15.9 Å². The molecule has 2 aromatic rings. The summed E-state index contributed by atoms with van der Waals surface area (Å²) in [6.45, 7) is 3.14. The predicted octanol–water partition coefficient (Wildman–Crippen LogP) is 4.07. The van der Waals surface area contributed by atoms with E-state index in [1.54, 1.807) is 6.07 Å². The molecule has 1 aliphatic heterocycles. The average Bonchev–Trinajstić information content (AvgIpc) is 3.14. The summed E-state index contributed by atoms with van der Waals surface area (Å²) in [5.41, 5.74) is 0.253. The largest absolute Gasteiger partial charge is 0.296 e. The maximum Gasteiger partial charge on any atom is 0.258 e. The second kappa shape index (κ2) is 9.43. The minimum atomic E-state index is -3.61. The Kier molecular flexibility index (Phi) is 7.19. The van der Waals surface area contributed by atoms with E-state index in [4.69, 9.17) is 0 Å². The molecule has 0 bridgehead atoms. The molecule has 0 unspecified atom stereocenters. The van der Waals surface area contributed by atoms with Crippen LogP contribution in [0.4, 0.5) is 5.13 Å². The summed E-state index contributed by atoms with van der Waals surface area (Å²) in [4.78, 5) is 12.8. The van der Waals surface area contributed by atoms with Crippen molar-refractivity contribution in [1.82, 2.24) is 14.5 Å². The van der Waals surface area contributed by atoms with Gasteiger partial charge in [0.25, 0.3) is 5.91 Å². The van der Waals surface area contributed by atoms with Crippen LogP contribution in [0.5, 0.6) is 0 Å². The highest BCUT2D eigenvalue weighted by atomic mass is 79.9. The molecule has 1 saturated heterocycles. The second-order valence-electron chi connectivity index (χ2n) is 6.67. The zero-order chi connectivity index (χ0) is 20.1. The summed E-state index contributed by atoms with van der Waals surface area (Å²) in [6.07, 6.45) is 5.68. The number of amides is 1. The lowest BCUT2D eigenvalue weighted by Gasteiger charge is -2.26. The topological polar surface area (TPSA) is 92.3 Å². The Labute approximate surface area is 177 Å². The normalized spacial score (nSPS) is 15.5. The van der Waals surface area contributed by atoms with Crippen molar-refractivity contribution in [3.8, 4) is 0 Å². The highest BCUT2D eigenvalue weighted by molar-refractivity contribution is 9.10.